The number of nitrogens with zero attached hydrogens (tertiary/aromatic N) is 1. The molecule has 1 atom stereocenters. The zero-order valence-corrected chi connectivity index (χ0v) is 16.9. The van der Waals surface area contributed by atoms with Crippen LogP contribution < -0.4 is 0 Å². The number of carbonyl (C=O) groups is 2. The molecule has 1 heterocycles. The normalized spacial score (nSPS) is 14.5. The Morgan fingerprint density at radius 3 is 2.58 bits per heavy atom. The molecule has 0 fully saturated rings. The fraction of sp³-hybridized carbons (Fsp3) is 0.300. The molecule has 0 spiro atoms. The zero-order valence-electron chi connectivity index (χ0n) is 14.5. The standard InChI is InChI=1S/C20H20BrNO3S/c1-14(25-19(23)13-26-18-8-6-17(21)7-9-18)20(24)22-11-10-15-4-2-3-5-16(15)12-22/h2-9,14H,10-13H2,1H3. The fourth-order valence-corrected chi connectivity index (χ4v) is 3.84. The third kappa shape index (κ3) is 4.89. The van der Waals surface area contributed by atoms with Crippen molar-refractivity contribution in [3.05, 3.63) is 64.1 Å². The average Bonchev–Trinajstić information content (AvgIpc) is 2.66. The van der Waals surface area contributed by atoms with Crippen LogP contribution in [-0.2, 0) is 27.3 Å². The van der Waals surface area contributed by atoms with Gasteiger partial charge in [-0.25, -0.2) is 0 Å². The predicted molar refractivity (Wildman–Crippen MR) is 106 cm³/mol. The van der Waals surface area contributed by atoms with E-state index >= 15 is 0 Å². The Bertz CT molecular complexity index is 794. The monoisotopic (exact) mass is 433 g/mol. The number of carbonyl (C=O) groups excluding carboxylic acids is 2. The number of hydrogen-bond acceptors (Lipinski definition) is 4. The molecule has 2 aromatic rings. The molecule has 1 amide bonds. The lowest BCUT2D eigenvalue weighted by Crippen LogP contribution is -2.42. The highest BCUT2D eigenvalue weighted by Crippen LogP contribution is 2.22. The first-order valence-electron chi connectivity index (χ1n) is 8.46. The number of hydrogen-bond donors (Lipinski definition) is 0. The summed E-state index contributed by atoms with van der Waals surface area (Å²) < 4.78 is 6.33. The molecule has 4 nitrogen and oxygen atoms in total. The Balaban J connectivity index is 1.49. The van der Waals surface area contributed by atoms with Crippen molar-refractivity contribution in [2.24, 2.45) is 0 Å². The Morgan fingerprint density at radius 1 is 1.15 bits per heavy atom. The molecule has 1 unspecified atom stereocenters. The highest BCUT2D eigenvalue weighted by molar-refractivity contribution is 9.10. The molecule has 0 aliphatic carbocycles. The minimum atomic E-state index is -0.765. The Labute approximate surface area is 166 Å². The average molecular weight is 434 g/mol. The van der Waals surface area contributed by atoms with Crippen molar-refractivity contribution in [3.8, 4) is 0 Å². The van der Waals surface area contributed by atoms with E-state index in [1.54, 1.807) is 11.8 Å². The molecule has 0 saturated heterocycles. The summed E-state index contributed by atoms with van der Waals surface area (Å²) in [7, 11) is 0. The maximum absolute atomic E-state index is 12.6. The second kappa shape index (κ2) is 8.73. The first kappa shape index (κ1) is 19.0. The molecule has 136 valence electrons. The molecule has 0 aromatic heterocycles. The second-order valence-electron chi connectivity index (χ2n) is 6.15. The summed E-state index contributed by atoms with van der Waals surface area (Å²) in [5.74, 6) is -0.333. The summed E-state index contributed by atoms with van der Waals surface area (Å²) in [5, 5.41) is 0. The van der Waals surface area contributed by atoms with Crippen molar-refractivity contribution in [2.45, 2.75) is 30.9 Å². The molecular formula is C20H20BrNO3S. The molecule has 0 N–H and O–H groups in total. The third-order valence-electron chi connectivity index (χ3n) is 4.27. The number of esters is 1. The number of rotatable bonds is 5. The fourth-order valence-electron chi connectivity index (χ4n) is 2.90. The lowest BCUT2D eigenvalue weighted by Gasteiger charge is -2.30. The Hall–Kier alpha value is -1.79. The molecule has 0 saturated carbocycles. The van der Waals surface area contributed by atoms with Crippen LogP contribution in [0.5, 0.6) is 0 Å². The molecule has 2 aromatic carbocycles. The van der Waals surface area contributed by atoms with Crippen molar-refractivity contribution in [1.82, 2.24) is 4.90 Å². The summed E-state index contributed by atoms with van der Waals surface area (Å²) >= 11 is 4.78. The number of ether oxygens (including phenoxy) is 1. The maximum atomic E-state index is 12.6. The van der Waals surface area contributed by atoms with Crippen LogP contribution in [0.25, 0.3) is 0 Å². The van der Waals surface area contributed by atoms with Gasteiger partial charge in [0.1, 0.15) is 0 Å². The van der Waals surface area contributed by atoms with Gasteiger partial charge in [-0.1, -0.05) is 40.2 Å². The van der Waals surface area contributed by atoms with Crippen LogP contribution in [0.3, 0.4) is 0 Å². The van der Waals surface area contributed by atoms with Gasteiger partial charge in [-0.05, 0) is 48.7 Å². The van der Waals surface area contributed by atoms with Crippen LogP contribution in [0.4, 0.5) is 0 Å². The lowest BCUT2D eigenvalue weighted by molar-refractivity contribution is -0.157. The lowest BCUT2D eigenvalue weighted by atomic mass is 9.99. The SMILES string of the molecule is CC(OC(=O)CSc1ccc(Br)cc1)C(=O)N1CCc2ccccc2C1. The largest absolute Gasteiger partial charge is 0.452 e. The Kier molecular flexibility index (Phi) is 6.38. The van der Waals surface area contributed by atoms with Crippen LogP contribution in [0.15, 0.2) is 57.9 Å². The predicted octanol–water partition coefficient (Wildman–Crippen LogP) is 4.06. The number of thioether (sulfide) groups is 1. The Morgan fingerprint density at radius 2 is 1.85 bits per heavy atom. The van der Waals surface area contributed by atoms with Crippen LogP contribution in [0, 0.1) is 0 Å². The van der Waals surface area contributed by atoms with Gasteiger partial charge in [0.15, 0.2) is 6.10 Å². The van der Waals surface area contributed by atoms with Gasteiger partial charge in [0, 0.05) is 22.5 Å². The number of amides is 1. The third-order valence-corrected chi connectivity index (χ3v) is 5.78. The molecule has 26 heavy (non-hydrogen) atoms. The molecule has 1 aliphatic rings. The van der Waals surface area contributed by atoms with E-state index in [0.717, 1.165) is 21.4 Å². The van der Waals surface area contributed by atoms with Gasteiger partial charge in [-0.3, -0.25) is 9.59 Å². The highest BCUT2D eigenvalue weighted by atomic mass is 79.9. The van der Waals surface area contributed by atoms with Gasteiger partial charge >= 0.3 is 5.97 Å². The van der Waals surface area contributed by atoms with Gasteiger partial charge in [-0.15, -0.1) is 11.8 Å². The van der Waals surface area contributed by atoms with Crippen molar-refractivity contribution in [1.29, 1.82) is 0 Å². The van der Waals surface area contributed by atoms with Crippen molar-refractivity contribution in [3.63, 3.8) is 0 Å². The van der Waals surface area contributed by atoms with Crippen molar-refractivity contribution < 1.29 is 14.3 Å². The van der Waals surface area contributed by atoms with Gasteiger partial charge in [0.25, 0.3) is 5.91 Å². The van der Waals surface area contributed by atoms with Gasteiger partial charge in [-0.2, -0.15) is 0 Å². The first-order valence-corrected chi connectivity index (χ1v) is 10.2. The zero-order chi connectivity index (χ0) is 18.5. The van der Waals surface area contributed by atoms with E-state index in [4.69, 9.17) is 4.74 Å². The maximum Gasteiger partial charge on any atom is 0.317 e. The van der Waals surface area contributed by atoms with E-state index in [1.165, 1.54) is 17.3 Å². The molecule has 0 bridgehead atoms. The summed E-state index contributed by atoms with van der Waals surface area (Å²) in [6.07, 6.45) is 0.0698. The van der Waals surface area contributed by atoms with E-state index in [2.05, 4.69) is 22.0 Å². The summed E-state index contributed by atoms with van der Waals surface area (Å²) in [4.78, 5) is 27.4. The minimum Gasteiger partial charge on any atom is -0.452 e. The second-order valence-corrected chi connectivity index (χ2v) is 8.12. The smallest absolute Gasteiger partial charge is 0.317 e. The summed E-state index contributed by atoms with van der Waals surface area (Å²) in [5.41, 5.74) is 2.45. The number of halogens is 1. The topological polar surface area (TPSA) is 46.6 Å². The van der Waals surface area contributed by atoms with Crippen LogP contribution >= 0.6 is 27.7 Å². The van der Waals surface area contributed by atoms with E-state index in [0.29, 0.717) is 13.1 Å². The molecule has 1 aliphatic heterocycles. The van der Waals surface area contributed by atoms with E-state index in [1.807, 2.05) is 42.5 Å². The van der Waals surface area contributed by atoms with E-state index in [-0.39, 0.29) is 17.6 Å². The van der Waals surface area contributed by atoms with Crippen LogP contribution in [0.2, 0.25) is 0 Å². The minimum absolute atomic E-state index is 0.138. The number of benzene rings is 2. The molecule has 0 radical (unpaired) electrons. The van der Waals surface area contributed by atoms with Crippen molar-refractivity contribution in [2.75, 3.05) is 12.3 Å². The van der Waals surface area contributed by atoms with Crippen molar-refractivity contribution >= 4 is 39.6 Å². The summed E-state index contributed by atoms with van der Waals surface area (Å²) in [6.45, 7) is 2.88. The molecular weight excluding hydrogens is 414 g/mol. The quantitative estimate of drug-likeness (QED) is 0.526. The van der Waals surface area contributed by atoms with Gasteiger partial charge in [0.2, 0.25) is 0 Å². The first-order chi connectivity index (χ1) is 12.5. The van der Waals surface area contributed by atoms with Crippen LogP contribution in [0.1, 0.15) is 18.1 Å². The molecule has 6 heteroatoms. The van der Waals surface area contributed by atoms with Crippen LogP contribution in [-0.4, -0.2) is 35.2 Å². The van der Waals surface area contributed by atoms with E-state index < -0.39 is 6.10 Å². The number of fused-ring (bicyclic) bond motifs is 1. The van der Waals surface area contributed by atoms with Gasteiger partial charge < -0.3 is 9.64 Å². The van der Waals surface area contributed by atoms with Gasteiger partial charge in [0.05, 0.1) is 5.75 Å². The molecule has 3 rings (SSSR count). The highest BCUT2D eigenvalue weighted by Gasteiger charge is 2.26. The van der Waals surface area contributed by atoms with E-state index in [9.17, 15) is 9.59 Å². The summed E-state index contributed by atoms with van der Waals surface area (Å²) in [6, 6.07) is 15.9.